The molecule has 0 aliphatic heterocycles. The quantitative estimate of drug-likeness (QED) is 0.744. The Morgan fingerprint density at radius 2 is 1.73 bits per heavy atom. The lowest BCUT2D eigenvalue weighted by Crippen LogP contribution is -2.23. The zero-order valence-electron chi connectivity index (χ0n) is 12.1. The summed E-state index contributed by atoms with van der Waals surface area (Å²) in [5.74, 6) is -1.19. The zero-order chi connectivity index (χ0) is 15.5. The van der Waals surface area contributed by atoms with E-state index in [2.05, 4.69) is 4.98 Å². The maximum absolute atomic E-state index is 11.4. The third-order valence-electron chi connectivity index (χ3n) is 3.52. The Bertz CT molecular complexity index is 867. The maximum atomic E-state index is 11.4. The number of nitrogens with zero attached hydrogens (tertiary/aromatic N) is 1. The van der Waals surface area contributed by atoms with Crippen LogP contribution in [0.5, 0.6) is 0 Å². The molecule has 0 spiro atoms. The highest BCUT2D eigenvalue weighted by atomic mass is 16.4. The first-order chi connectivity index (χ1) is 10.6. The first-order valence-corrected chi connectivity index (χ1v) is 7.00. The molecule has 0 unspecified atom stereocenters. The molecule has 2 aromatic carbocycles. The van der Waals surface area contributed by atoms with E-state index in [9.17, 15) is 9.90 Å². The van der Waals surface area contributed by atoms with Gasteiger partial charge in [-0.1, -0.05) is 48.5 Å². The number of carbonyl (C=O) groups is 1. The van der Waals surface area contributed by atoms with E-state index in [1.165, 1.54) is 0 Å². The van der Waals surface area contributed by atoms with Gasteiger partial charge in [0, 0.05) is 10.9 Å². The average Bonchev–Trinajstić information content (AvgIpc) is 2.54. The van der Waals surface area contributed by atoms with Gasteiger partial charge in [0.15, 0.2) is 0 Å². The largest absolute Gasteiger partial charge is 0.545 e. The van der Waals surface area contributed by atoms with Crippen LogP contribution in [-0.2, 0) is 0 Å². The van der Waals surface area contributed by atoms with E-state index in [1.807, 2.05) is 49.4 Å². The van der Waals surface area contributed by atoms with E-state index in [4.69, 9.17) is 0 Å². The van der Waals surface area contributed by atoms with Crippen LogP contribution in [-0.4, -0.2) is 11.0 Å². The van der Waals surface area contributed by atoms with Crippen LogP contribution in [0.25, 0.3) is 22.6 Å². The lowest BCUT2D eigenvalue weighted by molar-refractivity contribution is -0.254. The molecule has 3 aromatic rings. The number of hydrogen-bond acceptors (Lipinski definition) is 3. The molecule has 0 radical (unpaired) electrons. The number of para-hydroxylation sites is 1. The number of hydrogen-bond donors (Lipinski definition) is 0. The number of benzene rings is 2. The van der Waals surface area contributed by atoms with Crippen LogP contribution in [0.2, 0.25) is 0 Å². The van der Waals surface area contributed by atoms with Gasteiger partial charge in [-0.3, -0.25) is 0 Å². The van der Waals surface area contributed by atoms with Crippen molar-refractivity contribution >= 4 is 28.5 Å². The second-order valence-corrected chi connectivity index (χ2v) is 5.10. The molecule has 3 heteroatoms. The van der Waals surface area contributed by atoms with Crippen molar-refractivity contribution in [3.05, 3.63) is 77.5 Å². The van der Waals surface area contributed by atoms with Crippen LogP contribution in [0.4, 0.5) is 0 Å². The van der Waals surface area contributed by atoms with E-state index in [0.717, 1.165) is 11.1 Å². The lowest BCUT2D eigenvalue weighted by atomic mass is 10.0. The summed E-state index contributed by atoms with van der Waals surface area (Å²) in [4.78, 5) is 15.9. The van der Waals surface area contributed by atoms with E-state index in [1.54, 1.807) is 24.3 Å². The van der Waals surface area contributed by atoms with Crippen molar-refractivity contribution in [1.82, 2.24) is 4.98 Å². The van der Waals surface area contributed by atoms with E-state index in [-0.39, 0.29) is 5.56 Å². The molecule has 0 fully saturated rings. The van der Waals surface area contributed by atoms with Crippen molar-refractivity contribution in [3.8, 4) is 0 Å². The van der Waals surface area contributed by atoms with Gasteiger partial charge in [0.1, 0.15) is 0 Å². The normalized spacial score (nSPS) is 11.6. The molecule has 3 nitrogen and oxygen atoms in total. The molecule has 0 N–H and O–H groups in total. The van der Waals surface area contributed by atoms with Gasteiger partial charge in [-0.05, 0) is 36.3 Å². The van der Waals surface area contributed by atoms with Gasteiger partial charge < -0.3 is 9.90 Å². The summed E-state index contributed by atoms with van der Waals surface area (Å²) in [6, 6.07) is 18.6. The molecule has 3 rings (SSSR count). The molecule has 0 bridgehead atoms. The summed E-state index contributed by atoms with van der Waals surface area (Å²) in [6.45, 7) is 1.92. The molecule has 0 aliphatic rings. The Morgan fingerprint density at radius 1 is 1.05 bits per heavy atom. The second kappa shape index (κ2) is 5.82. The summed E-state index contributed by atoms with van der Waals surface area (Å²) < 4.78 is 0. The molecule has 0 saturated heterocycles. The van der Waals surface area contributed by atoms with Crippen molar-refractivity contribution in [2.75, 3.05) is 0 Å². The fourth-order valence-corrected chi connectivity index (χ4v) is 2.42. The number of rotatable bonds is 3. The van der Waals surface area contributed by atoms with Gasteiger partial charge in [-0.15, -0.1) is 0 Å². The number of fused-ring (bicyclic) bond motifs is 1. The fraction of sp³-hybridized carbons (Fsp3) is 0.0526. The number of pyridine rings is 1. The van der Waals surface area contributed by atoms with Crippen LogP contribution in [0, 0.1) is 0 Å². The summed E-state index contributed by atoms with van der Waals surface area (Å²) >= 11 is 0. The first kappa shape index (κ1) is 14.0. The zero-order valence-corrected chi connectivity index (χ0v) is 12.1. The molecule has 0 aliphatic carbocycles. The predicted molar refractivity (Wildman–Crippen MR) is 86.1 cm³/mol. The van der Waals surface area contributed by atoms with Crippen molar-refractivity contribution in [1.29, 1.82) is 0 Å². The number of carbonyl (C=O) groups excluding carboxylic acids is 1. The van der Waals surface area contributed by atoms with Crippen molar-refractivity contribution in [2.45, 2.75) is 6.92 Å². The minimum absolute atomic E-state index is 0.168. The third-order valence-corrected chi connectivity index (χ3v) is 3.52. The molecular formula is C19H14NO2-. The van der Waals surface area contributed by atoms with Crippen molar-refractivity contribution in [2.24, 2.45) is 0 Å². The van der Waals surface area contributed by atoms with Gasteiger partial charge in [0.25, 0.3) is 0 Å². The minimum atomic E-state index is -1.19. The Labute approximate surface area is 128 Å². The minimum Gasteiger partial charge on any atom is -0.545 e. The Hall–Kier alpha value is -2.94. The monoisotopic (exact) mass is 288 g/mol. The number of carboxylic acids is 1. The SMILES string of the molecule is C/C(=C/c1ccccc1)c1cc(C(=O)[O-])c2ccccc2n1. The highest BCUT2D eigenvalue weighted by Crippen LogP contribution is 2.23. The highest BCUT2D eigenvalue weighted by molar-refractivity contribution is 6.02. The van der Waals surface area contributed by atoms with E-state index < -0.39 is 5.97 Å². The Kier molecular flexibility index (Phi) is 3.71. The molecular weight excluding hydrogens is 274 g/mol. The average molecular weight is 288 g/mol. The summed E-state index contributed by atoms with van der Waals surface area (Å²) in [7, 11) is 0. The highest BCUT2D eigenvalue weighted by Gasteiger charge is 2.07. The van der Waals surface area contributed by atoms with Gasteiger partial charge >= 0.3 is 0 Å². The van der Waals surface area contributed by atoms with Crippen LogP contribution in [0.15, 0.2) is 60.7 Å². The molecule has 1 heterocycles. The van der Waals surface area contributed by atoms with Gasteiger partial charge in [0.2, 0.25) is 0 Å². The fourth-order valence-electron chi connectivity index (χ4n) is 2.42. The molecule has 0 amide bonds. The molecule has 0 saturated carbocycles. The lowest BCUT2D eigenvalue weighted by Gasteiger charge is -2.10. The van der Waals surface area contributed by atoms with Crippen LogP contribution < -0.4 is 5.11 Å². The number of carboxylic acid groups (broad SMARTS) is 1. The number of aromatic carboxylic acids is 1. The molecule has 108 valence electrons. The van der Waals surface area contributed by atoms with Crippen molar-refractivity contribution in [3.63, 3.8) is 0 Å². The molecule has 22 heavy (non-hydrogen) atoms. The maximum Gasteiger partial charge on any atom is 0.0722 e. The summed E-state index contributed by atoms with van der Waals surface area (Å²) in [5.41, 5.74) is 3.41. The Balaban J connectivity index is 2.15. The molecule has 1 aromatic heterocycles. The van der Waals surface area contributed by atoms with Crippen LogP contribution in [0.3, 0.4) is 0 Å². The first-order valence-electron chi connectivity index (χ1n) is 7.00. The van der Waals surface area contributed by atoms with Crippen LogP contribution in [0.1, 0.15) is 28.5 Å². The van der Waals surface area contributed by atoms with Gasteiger partial charge in [-0.25, -0.2) is 4.98 Å². The van der Waals surface area contributed by atoms with E-state index in [0.29, 0.717) is 16.6 Å². The third kappa shape index (κ3) is 2.74. The van der Waals surface area contributed by atoms with Gasteiger partial charge in [-0.2, -0.15) is 0 Å². The van der Waals surface area contributed by atoms with Crippen molar-refractivity contribution < 1.29 is 9.90 Å². The number of allylic oxidation sites excluding steroid dienone is 1. The van der Waals surface area contributed by atoms with Gasteiger partial charge in [0.05, 0.1) is 17.2 Å². The van der Waals surface area contributed by atoms with Crippen LogP contribution >= 0.6 is 0 Å². The Morgan fingerprint density at radius 3 is 2.45 bits per heavy atom. The number of aromatic nitrogens is 1. The predicted octanol–water partition coefficient (Wildman–Crippen LogP) is 3.16. The topological polar surface area (TPSA) is 53.0 Å². The second-order valence-electron chi connectivity index (χ2n) is 5.10. The van der Waals surface area contributed by atoms with E-state index >= 15 is 0 Å². The smallest absolute Gasteiger partial charge is 0.0722 e. The standard InChI is InChI=1S/C19H15NO2/c1-13(11-14-7-3-2-4-8-14)18-12-16(19(21)22)15-9-5-6-10-17(15)20-18/h2-12H,1H3,(H,21,22)/p-1/b13-11-. The summed E-state index contributed by atoms with van der Waals surface area (Å²) in [6.07, 6.45) is 1.98. The molecule has 0 atom stereocenters. The summed E-state index contributed by atoms with van der Waals surface area (Å²) in [5, 5.41) is 12.0.